The minimum atomic E-state index is -0.531. The zero-order valence-corrected chi connectivity index (χ0v) is 15.2. The van der Waals surface area contributed by atoms with Crippen molar-refractivity contribution in [2.45, 2.75) is 25.3 Å². The minimum absolute atomic E-state index is 0.170. The molecule has 4 N–H and O–H groups in total. The standard InChI is InChI=1S/C19H20N8O/c20-8-12-3-4-15(22-9-12)27-6-1-2-13(5-7-27)26-16-14(18(21)28)10-23-19-17(16)24-11-25-19/h3-4,9-11,13H,1-2,5-7H2,(H2,21,28)(H2,23,24,25,26). The number of hydrogen-bond donors (Lipinski definition) is 3. The molecule has 28 heavy (non-hydrogen) atoms. The molecule has 4 rings (SSSR count). The van der Waals surface area contributed by atoms with Crippen LogP contribution in [0.3, 0.4) is 0 Å². The number of imidazole rings is 1. The highest BCUT2D eigenvalue weighted by atomic mass is 16.1. The van der Waals surface area contributed by atoms with Crippen molar-refractivity contribution in [2.75, 3.05) is 23.3 Å². The monoisotopic (exact) mass is 376 g/mol. The first-order valence-electron chi connectivity index (χ1n) is 9.15. The quantitative estimate of drug-likeness (QED) is 0.631. The van der Waals surface area contributed by atoms with E-state index in [1.807, 2.05) is 6.07 Å². The number of primary amides is 1. The third kappa shape index (κ3) is 3.44. The number of carbonyl (C=O) groups is 1. The lowest BCUT2D eigenvalue weighted by molar-refractivity contribution is 0.100. The molecule has 1 saturated heterocycles. The average Bonchev–Trinajstić information content (AvgIpc) is 3.07. The number of carbonyl (C=O) groups excluding carboxylic acids is 1. The van der Waals surface area contributed by atoms with E-state index < -0.39 is 5.91 Å². The van der Waals surface area contributed by atoms with Gasteiger partial charge in [0.05, 0.1) is 23.1 Å². The van der Waals surface area contributed by atoms with Gasteiger partial charge < -0.3 is 20.9 Å². The molecule has 142 valence electrons. The van der Waals surface area contributed by atoms with E-state index in [1.165, 1.54) is 6.20 Å². The van der Waals surface area contributed by atoms with Crippen LogP contribution >= 0.6 is 0 Å². The number of nitriles is 1. The van der Waals surface area contributed by atoms with Crippen molar-refractivity contribution >= 4 is 28.6 Å². The SMILES string of the molecule is N#Cc1ccc(N2CCCC(Nc3c(C(N)=O)cnc4[nH]cnc34)CC2)nc1. The molecule has 3 aromatic rings. The number of anilines is 2. The molecule has 4 heterocycles. The van der Waals surface area contributed by atoms with Gasteiger partial charge in [0.1, 0.15) is 17.4 Å². The largest absolute Gasteiger partial charge is 0.380 e. The molecule has 0 aromatic carbocycles. The van der Waals surface area contributed by atoms with Crippen molar-refractivity contribution in [3.63, 3.8) is 0 Å². The summed E-state index contributed by atoms with van der Waals surface area (Å²) in [6.07, 6.45) is 7.42. The van der Waals surface area contributed by atoms with E-state index >= 15 is 0 Å². The first kappa shape index (κ1) is 17.7. The number of amides is 1. The molecule has 3 aromatic heterocycles. The summed E-state index contributed by atoms with van der Waals surface area (Å²) in [6, 6.07) is 5.93. The first-order valence-corrected chi connectivity index (χ1v) is 9.15. The van der Waals surface area contributed by atoms with Crippen molar-refractivity contribution in [3.8, 4) is 6.07 Å². The van der Waals surface area contributed by atoms with Crippen LogP contribution in [-0.4, -0.2) is 45.0 Å². The zero-order chi connectivity index (χ0) is 19.5. The fourth-order valence-corrected chi connectivity index (χ4v) is 3.54. The molecule has 1 aliphatic rings. The van der Waals surface area contributed by atoms with Gasteiger partial charge in [-0.15, -0.1) is 0 Å². The molecule has 0 bridgehead atoms. The number of hydrogen-bond acceptors (Lipinski definition) is 7. The summed E-state index contributed by atoms with van der Waals surface area (Å²) in [5.41, 5.74) is 8.30. The normalized spacial score (nSPS) is 17.1. The first-order chi connectivity index (χ1) is 13.7. The molecule has 0 saturated carbocycles. The van der Waals surface area contributed by atoms with E-state index in [-0.39, 0.29) is 6.04 Å². The molecule has 1 atom stereocenters. The molecule has 1 amide bonds. The van der Waals surface area contributed by atoms with Crippen LogP contribution < -0.4 is 16.0 Å². The fraction of sp³-hybridized carbons (Fsp3) is 0.316. The molecule has 1 unspecified atom stereocenters. The number of nitrogens with two attached hydrogens (primary N) is 1. The number of nitrogens with one attached hydrogen (secondary N) is 2. The molecule has 0 aliphatic carbocycles. The number of aromatic amines is 1. The van der Waals surface area contributed by atoms with Crippen LogP contribution in [-0.2, 0) is 0 Å². The summed E-state index contributed by atoms with van der Waals surface area (Å²) in [4.78, 5) is 29.9. The van der Waals surface area contributed by atoms with Crippen molar-refractivity contribution < 1.29 is 4.79 Å². The molecule has 1 fully saturated rings. The number of aromatic nitrogens is 4. The van der Waals surface area contributed by atoms with Crippen LogP contribution in [0.25, 0.3) is 11.2 Å². The van der Waals surface area contributed by atoms with E-state index in [9.17, 15) is 4.79 Å². The van der Waals surface area contributed by atoms with Gasteiger partial charge in [-0.1, -0.05) is 0 Å². The second-order valence-electron chi connectivity index (χ2n) is 6.79. The summed E-state index contributed by atoms with van der Waals surface area (Å²) in [6.45, 7) is 1.70. The summed E-state index contributed by atoms with van der Waals surface area (Å²) < 4.78 is 0. The highest BCUT2D eigenvalue weighted by molar-refractivity contribution is 6.04. The molecule has 9 heteroatoms. The third-order valence-corrected chi connectivity index (χ3v) is 4.99. The second kappa shape index (κ2) is 7.52. The van der Waals surface area contributed by atoms with Gasteiger partial charge in [0.25, 0.3) is 5.91 Å². The second-order valence-corrected chi connectivity index (χ2v) is 6.79. The molecule has 9 nitrogen and oxygen atoms in total. The number of fused-ring (bicyclic) bond motifs is 1. The smallest absolute Gasteiger partial charge is 0.252 e. The van der Waals surface area contributed by atoms with Gasteiger partial charge in [-0.05, 0) is 31.4 Å². The van der Waals surface area contributed by atoms with Crippen LogP contribution in [0.1, 0.15) is 35.2 Å². The van der Waals surface area contributed by atoms with Gasteiger partial charge in [-0.25, -0.2) is 15.0 Å². The van der Waals surface area contributed by atoms with Crippen LogP contribution in [0.15, 0.2) is 30.9 Å². The summed E-state index contributed by atoms with van der Waals surface area (Å²) >= 11 is 0. The Labute approximate surface area is 161 Å². The van der Waals surface area contributed by atoms with Gasteiger partial charge in [0.15, 0.2) is 5.65 Å². The van der Waals surface area contributed by atoms with E-state index in [1.54, 1.807) is 18.6 Å². The Balaban J connectivity index is 1.52. The maximum absolute atomic E-state index is 11.9. The predicted octanol–water partition coefficient (Wildman–Crippen LogP) is 1.79. The van der Waals surface area contributed by atoms with Crippen LogP contribution in [0.5, 0.6) is 0 Å². The van der Waals surface area contributed by atoms with Crippen molar-refractivity contribution in [1.82, 2.24) is 19.9 Å². The van der Waals surface area contributed by atoms with Gasteiger partial charge in [0, 0.05) is 31.5 Å². The summed E-state index contributed by atoms with van der Waals surface area (Å²) in [5.74, 6) is 0.341. The molecular weight excluding hydrogens is 356 g/mol. The van der Waals surface area contributed by atoms with E-state index in [4.69, 9.17) is 11.0 Å². The minimum Gasteiger partial charge on any atom is -0.380 e. The number of pyridine rings is 2. The number of H-pyrrole nitrogens is 1. The van der Waals surface area contributed by atoms with Crippen molar-refractivity contribution in [1.29, 1.82) is 5.26 Å². The summed E-state index contributed by atoms with van der Waals surface area (Å²) in [5, 5.41) is 12.4. The predicted molar refractivity (Wildman–Crippen MR) is 105 cm³/mol. The van der Waals surface area contributed by atoms with Gasteiger partial charge >= 0.3 is 0 Å². The number of nitrogens with zero attached hydrogens (tertiary/aromatic N) is 5. The zero-order valence-electron chi connectivity index (χ0n) is 15.2. The van der Waals surface area contributed by atoms with E-state index in [0.717, 1.165) is 38.2 Å². The van der Waals surface area contributed by atoms with Crippen molar-refractivity contribution in [3.05, 3.63) is 42.0 Å². The Hall–Kier alpha value is -3.67. The molecular formula is C19H20N8O. The van der Waals surface area contributed by atoms with Gasteiger partial charge in [-0.2, -0.15) is 5.26 Å². The Bertz CT molecular complexity index is 1040. The Kier molecular flexibility index (Phi) is 4.76. The average molecular weight is 376 g/mol. The van der Waals surface area contributed by atoms with Crippen LogP contribution in [0, 0.1) is 11.3 Å². The topological polar surface area (TPSA) is 137 Å². The Morgan fingerprint density at radius 2 is 2.14 bits per heavy atom. The third-order valence-electron chi connectivity index (χ3n) is 4.99. The van der Waals surface area contributed by atoms with Gasteiger partial charge in [-0.3, -0.25) is 4.79 Å². The summed E-state index contributed by atoms with van der Waals surface area (Å²) in [7, 11) is 0. The lowest BCUT2D eigenvalue weighted by Gasteiger charge is -2.22. The van der Waals surface area contributed by atoms with Crippen LogP contribution in [0.2, 0.25) is 0 Å². The van der Waals surface area contributed by atoms with E-state index in [0.29, 0.717) is 28.0 Å². The lowest BCUT2D eigenvalue weighted by Crippen LogP contribution is -2.27. The maximum atomic E-state index is 11.9. The highest BCUT2D eigenvalue weighted by Crippen LogP contribution is 2.27. The lowest BCUT2D eigenvalue weighted by atomic mass is 10.1. The molecule has 0 spiro atoms. The Morgan fingerprint density at radius 1 is 1.25 bits per heavy atom. The fourth-order valence-electron chi connectivity index (χ4n) is 3.54. The van der Waals surface area contributed by atoms with Gasteiger partial charge in [0.2, 0.25) is 0 Å². The van der Waals surface area contributed by atoms with E-state index in [2.05, 4.69) is 36.2 Å². The maximum Gasteiger partial charge on any atom is 0.252 e. The van der Waals surface area contributed by atoms with Crippen molar-refractivity contribution in [2.24, 2.45) is 5.73 Å². The molecule has 0 radical (unpaired) electrons. The Morgan fingerprint density at radius 3 is 2.89 bits per heavy atom. The number of rotatable bonds is 4. The van der Waals surface area contributed by atoms with Crippen LogP contribution in [0.4, 0.5) is 11.5 Å². The highest BCUT2D eigenvalue weighted by Gasteiger charge is 2.22. The molecule has 1 aliphatic heterocycles.